The highest BCUT2D eigenvalue weighted by atomic mass is 35.5. The molecule has 0 aliphatic carbocycles. The zero-order chi connectivity index (χ0) is 13.1. The normalized spacial score (nSPS) is 14.9. The second-order valence-electron chi connectivity index (χ2n) is 4.37. The molecule has 20 heavy (non-hydrogen) atoms. The largest absolute Gasteiger partial charge is 0.481 e. The Morgan fingerprint density at radius 1 is 1.20 bits per heavy atom. The standard InChI is InChI=1S/C12H14N2O4.2ClH/c15-12(16)9-5-7-13(8-6-9)10-1-3-11(4-2-10)14(17)18;;/h1-4,9H,5-8H2,(H,15,16);2*1H. The van der Waals surface area contributed by atoms with Crippen LogP contribution in [0.3, 0.4) is 0 Å². The van der Waals surface area contributed by atoms with Crippen molar-refractivity contribution in [3.63, 3.8) is 0 Å². The van der Waals surface area contributed by atoms with E-state index < -0.39 is 10.9 Å². The van der Waals surface area contributed by atoms with Gasteiger partial charge in [0.1, 0.15) is 0 Å². The second-order valence-corrected chi connectivity index (χ2v) is 4.37. The maximum absolute atomic E-state index is 10.8. The van der Waals surface area contributed by atoms with Crippen LogP contribution < -0.4 is 4.90 Å². The number of nitro benzene ring substituents is 1. The number of nitrogens with zero attached hydrogens (tertiary/aromatic N) is 2. The fourth-order valence-electron chi connectivity index (χ4n) is 2.17. The lowest BCUT2D eigenvalue weighted by Gasteiger charge is -2.31. The van der Waals surface area contributed by atoms with E-state index in [0.29, 0.717) is 25.9 Å². The third-order valence-electron chi connectivity index (χ3n) is 3.27. The molecule has 0 aromatic heterocycles. The van der Waals surface area contributed by atoms with Crippen molar-refractivity contribution in [2.24, 2.45) is 5.92 Å². The van der Waals surface area contributed by atoms with Crippen molar-refractivity contribution in [2.75, 3.05) is 18.0 Å². The van der Waals surface area contributed by atoms with Gasteiger partial charge in [0, 0.05) is 30.9 Å². The molecule has 1 aliphatic rings. The first-order chi connectivity index (χ1) is 8.58. The van der Waals surface area contributed by atoms with Crippen LogP contribution in [0, 0.1) is 16.0 Å². The Morgan fingerprint density at radius 3 is 2.10 bits per heavy atom. The van der Waals surface area contributed by atoms with Crippen molar-refractivity contribution >= 4 is 42.2 Å². The Bertz CT molecular complexity index is 459. The molecule has 0 bridgehead atoms. The van der Waals surface area contributed by atoms with Crippen molar-refractivity contribution in [3.8, 4) is 0 Å². The van der Waals surface area contributed by atoms with E-state index in [2.05, 4.69) is 4.90 Å². The molecule has 0 radical (unpaired) electrons. The Labute approximate surface area is 128 Å². The predicted octanol–water partition coefficient (Wildman–Crippen LogP) is 2.74. The Kier molecular flexibility index (Phi) is 7.31. The molecular weight excluding hydrogens is 307 g/mol. The van der Waals surface area contributed by atoms with Crippen LogP contribution in [-0.2, 0) is 4.79 Å². The number of hydrogen-bond donors (Lipinski definition) is 1. The molecule has 1 aromatic rings. The number of rotatable bonds is 3. The molecule has 0 atom stereocenters. The fraction of sp³-hybridized carbons (Fsp3) is 0.417. The molecule has 1 aliphatic heterocycles. The SMILES string of the molecule is Cl.Cl.O=C(O)C1CCN(c2ccc([N+](=O)[O-])cc2)CC1. The highest BCUT2D eigenvalue weighted by molar-refractivity contribution is 5.85. The Hall–Kier alpha value is -1.53. The molecule has 0 unspecified atom stereocenters. The molecule has 0 spiro atoms. The van der Waals surface area contributed by atoms with Gasteiger partial charge in [-0.05, 0) is 25.0 Å². The maximum Gasteiger partial charge on any atom is 0.306 e. The van der Waals surface area contributed by atoms with Gasteiger partial charge in [-0.2, -0.15) is 0 Å². The quantitative estimate of drug-likeness (QED) is 0.683. The first-order valence-corrected chi connectivity index (χ1v) is 5.80. The number of benzene rings is 1. The van der Waals surface area contributed by atoms with Crippen molar-refractivity contribution in [1.82, 2.24) is 0 Å². The van der Waals surface area contributed by atoms with E-state index in [1.165, 1.54) is 12.1 Å². The summed E-state index contributed by atoms with van der Waals surface area (Å²) < 4.78 is 0. The zero-order valence-corrected chi connectivity index (χ0v) is 12.2. The summed E-state index contributed by atoms with van der Waals surface area (Å²) in [6.07, 6.45) is 1.23. The van der Waals surface area contributed by atoms with Crippen molar-refractivity contribution in [3.05, 3.63) is 34.4 Å². The summed E-state index contributed by atoms with van der Waals surface area (Å²) in [5, 5.41) is 19.4. The van der Waals surface area contributed by atoms with Crippen molar-refractivity contribution in [2.45, 2.75) is 12.8 Å². The zero-order valence-electron chi connectivity index (χ0n) is 10.6. The first-order valence-electron chi connectivity index (χ1n) is 5.80. The first kappa shape index (κ1) is 18.5. The molecule has 1 fully saturated rings. The minimum Gasteiger partial charge on any atom is -0.481 e. The van der Waals surface area contributed by atoms with Gasteiger partial charge in [0.15, 0.2) is 0 Å². The minimum atomic E-state index is -0.738. The second kappa shape index (κ2) is 7.91. The van der Waals surface area contributed by atoms with Gasteiger partial charge in [-0.25, -0.2) is 0 Å². The molecule has 8 heteroatoms. The molecule has 1 N–H and O–H groups in total. The monoisotopic (exact) mass is 322 g/mol. The van der Waals surface area contributed by atoms with Gasteiger partial charge in [0.25, 0.3) is 5.69 Å². The van der Waals surface area contributed by atoms with E-state index in [0.717, 1.165) is 5.69 Å². The Balaban J connectivity index is 0.00000180. The van der Waals surface area contributed by atoms with E-state index in [9.17, 15) is 14.9 Å². The van der Waals surface area contributed by atoms with E-state index >= 15 is 0 Å². The molecule has 0 amide bonds. The van der Waals surface area contributed by atoms with Crippen LogP contribution in [0.1, 0.15) is 12.8 Å². The van der Waals surface area contributed by atoms with Gasteiger partial charge in [0.2, 0.25) is 0 Å². The van der Waals surface area contributed by atoms with Gasteiger partial charge < -0.3 is 10.0 Å². The molecule has 0 saturated carbocycles. The molecule has 2 rings (SSSR count). The van der Waals surface area contributed by atoms with E-state index in [4.69, 9.17) is 5.11 Å². The third kappa shape index (κ3) is 4.25. The summed E-state index contributed by atoms with van der Waals surface area (Å²) in [6, 6.07) is 6.36. The van der Waals surface area contributed by atoms with Crippen molar-refractivity contribution in [1.29, 1.82) is 0 Å². The summed E-state index contributed by atoms with van der Waals surface area (Å²) in [4.78, 5) is 23.0. The number of nitro groups is 1. The summed E-state index contributed by atoms with van der Waals surface area (Å²) in [5.74, 6) is -1.00. The number of aliphatic carboxylic acids is 1. The molecule has 112 valence electrons. The van der Waals surface area contributed by atoms with E-state index in [-0.39, 0.29) is 36.4 Å². The number of halogens is 2. The van der Waals surface area contributed by atoms with Crippen LogP contribution in [0.25, 0.3) is 0 Å². The highest BCUT2D eigenvalue weighted by Gasteiger charge is 2.24. The molecule has 1 saturated heterocycles. The van der Waals surface area contributed by atoms with E-state index in [1.54, 1.807) is 12.1 Å². The molecular formula is C12H16Cl2N2O4. The number of carboxylic acid groups (broad SMARTS) is 1. The van der Waals surface area contributed by atoms with Crippen LogP contribution in [-0.4, -0.2) is 29.1 Å². The van der Waals surface area contributed by atoms with Crippen LogP contribution in [0.15, 0.2) is 24.3 Å². The topological polar surface area (TPSA) is 83.7 Å². The molecule has 1 heterocycles. The molecule has 6 nitrogen and oxygen atoms in total. The lowest BCUT2D eigenvalue weighted by Crippen LogP contribution is -2.36. The minimum absolute atomic E-state index is 0. The lowest BCUT2D eigenvalue weighted by molar-refractivity contribution is -0.384. The average Bonchev–Trinajstić information content (AvgIpc) is 2.39. The maximum atomic E-state index is 10.8. The summed E-state index contributed by atoms with van der Waals surface area (Å²) in [7, 11) is 0. The smallest absolute Gasteiger partial charge is 0.306 e. The Morgan fingerprint density at radius 2 is 1.70 bits per heavy atom. The summed E-state index contributed by atoms with van der Waals surface area (Å²) in [5.41, 5.74) is 0.976. The van der Waals surface area contributed by atoms with Crippen molar-refractivity contribution < 1.29 is 14.8 Å². The van der Waals surface area contributed by atoms with Gasteiger partial charge >= 0.3 is 5.97 Å². The van der Waals surface area contributed by atoms with Crippen LogP contribution in [0.2, 0.25) is 0 Å². The van der Waals surface area contributed by atoms with Crippen LogP contribution >= 0.6 is 24.8 Å². The number of piperidine rings is 1. The number of anilines is 1. The summed E-state index contributed by atoms with van der Waals surface area (Å²) >= 11 is 0. The number of non-ortho nitro benzene ring substituents is 1. The van der Waals surface area contributed by atoms with Gasteiger partial charge in [0.05, 0.1) is 10.8 Å². The molecule has 1 aromatic carbocycles. The summed E-state index contributed by atoms with van der Waals surface area (Å²) in [6.45, 7) is 1.35. The predicted molar refractivity (Wildman–Crippen MR) is 80.2 cm³/mol. The highest BCUT2D eigenvalue weighted by Crippen LogP contribution is 2.25. The third-order valence-corrected chi connectivity index (χ3v) is 3.27. The number of carbonyl (C=O) groups is 1. The number of hydrogen-bond acceptors (Lipinski definition) is 4. The average molecular weight is 323 g/mol. The fourth-order valence-corrected chi connectivity index (χ4v) is 2.17. The van der Waals surface area contributed by atoms with Gasteiger partial charge in [-0.15, -0.1) is 24.8 Å². The van der Waals surface area contributed by atoms with Gasteiger partial charge in [-0.3, -0.25) is 14.9 Å². The van der Waals surface area contributed by atoms with Crippen LogP contribution in [0.5, 0.6) is 0 Å². The lowest BCUT2D eigenvalue weighted by atomic mass is 9.97. The number of carboxylic acids is 1. The van der Waals surface area contributed by atoms with Crippen LogP contribution in [0.4, 0.5) is 11.4 Å². The van der Waals surface area contributed by atoms with Gasteiger partial charge in [-0.1, -0.05) is 0 Å². The van der Waals surface area contributed by atoms with E-state index in [1.807, 2.05) is 0 Å².